The standard InChI is InChI=1S/C40H50N8O6/c1-23(2)33(45-39(51)53-7)37(49)47-21-25(5)17-31(47)35-41-19-29(43-35)15-13-27-9-11-28(12-10-27)14-16-30-20-42-36(44-30)32-18-26(6)22-48(32)38(50)34(24(3)4)46-40(52)54-8/h9-12,19-20,23-26,31-34H,17-18,21-22H2,1-8H3,(H,41,43)(H,42,44)(H,45,51)(H,46,52)/t25-,26+,31-,32-,33-,34-/m0/s1. The molecular formula is C40H50N8O6. The number of carbonyl (C=O) groups excluding carboxylic acids is 4. The maximum absolute atomic E-state index is 13.6. The Balaban J connectivity index is 1.23. The van der Waals surface area contributed by atoms with Gasteiger partial charge in [0.25, 0.3) is 0 Å². The van der Waals surface area contributed by atoms with E-state index in [1.807, 2.05) is 52.0 Å². The number of carbonyl (C=O) groups is 4. The lowest BCUT2D eigenvalue weighted by Gasteiger charge is -2.30. The van der Waals surface area contributed by atoms with Crippen molar-refractivity contribution in [3.05, 3.63) is 70.8 Å². The average Bonchev–Trinajstić information content (AvgIpc) is 3.97. The summed E-state index contributed by atoms with van der Waals surface area (Å²) in [5.41, 5.74) is 2.84. The van der Waals surface area contributed by atoms with Gasteiger partial charge in [0.1, 0.15) is 35.1 Å². The van der Waals surface area contributed by atoms with Crippen molar-refractivity contribution < 1.29 is 28.7 Å². The Morgan fingerprint density at radius 2 is 1.06 bits per heavy atom. The largest absolute Gasteiger partial charge is 0.453 e. The summed E-state index contributed by atoms with van der Waals surface area (Å²) in [5, 5.41) is 5.36. The zero-order valence-electron chi connectivity index (χ0n) is 32.1. The van der Waals surface area contributed by atoms with E-state index in [1.54, 1.807) is 22.2 Å². The lowest BCUT2D eigenvalue weighted by Crippen LogP contribution is -2.51. The Morgan fingerprint density at radius 1 is 0.685 bits per heavy atom. The number of likely N-dealkylation sites (tertiary alicyclic amines) is 2. The first-order valence-electron chi connectivity index (χ1n) is 18.3. The van der Waals surface area contributed by atoms with Gasteiger partial charge in [-0.2, -0.15) is 0 Å². The monoisotopic (exact) mass is 738 g/mol. The predicted molar refractivity (Wildman–Crippen MR) is 200 cm³/mol. The summed E-state index contributed by atoms with van der Waals surface area (Å²) in [5.74, 6) is 13.8. The van der Waals surface area contributed by atoms with E-state index < -0.39 is 24.3 Å². The SMILES string of the molecule is COC(=O)N[C@H](C(=O)N1C[C@H](C)C[C@H]1c1ncc(C#Cc2ccc(C#Cc3cnc([C@@H]4C[C@H](C)CN4C(=O)[C@@H](NC(=O)OC)C(C)C)[nH]3)cc2)[nH]1)C(C)C. The van der Waals surface area contributed by atoms with Crippen LogP contribution in [0.15, 0.2) is 36.7 Å². The van der Waals surface area contributed by atoms with Gasteiger partial charge in [-0.25, -0.2) is 19.6 Å². The third-order valence-electron chi connectivity index (χ3n) is 9.76. The van der Waals surface area contributed by atoms with E-state index in [4.69, 9.17) is 9.47 Å². The molecule has 14 heteroatoms. The molecule has 2 aromatic heterocycles. The van der Waals surface area contributed by atoms with Crippen molar-refractivity contribution in [1.29, 1.82) is 0 Å². The summed E-state index contributed by atoms with van der Waals surface area (Å²) in [4.78, 5) is 70.3. The highest BCUT2D eigenvalue weighted by molar-refractivity contribution is 5.87. The van der Waals surface area contributed by atoms with Crippen molar-refractivity contribution in [1.82, 2.24) is 40.4 Å². The number of hydrogen-bond acceptors (Lipinski definition) is 8. The number of amides is 4. The van der Waals surface area contributed by atoms with Gasteiger partial charge in [-0.15, -0.1) is 0 Å². The summed E-state index contributed by atoms with van der Waals surface area (Å²) in [6.07, 6.45) is 3.54. The zero-order chi connectivity index (χ0) is 39.1. The number of rotatable bonds is 8. The third kappa shape index (κ3) is 9.42. The van der Waals surface area contributed by atoms with Gasteiger partial charge in [-0.1, -0.05) is 53.4 Å². The summed E-state index contributed by atoms with van der Waals surface area (Å²) >= 11 is 0. The van der Waals surface area contributed by atoms with Crippen LogP contribution in [0.5, 0.6) is 0 Å². The summed E-state index contributed by atoms with van der Waals surface area (Å²) < 4.78 is 9.49. The number of nitrogens with zero attached hydrogens (tertiary/aromatic N) is 4. The molecule has 286 valence electrons. The molecule has 4 N–H and O–H groups in total. The Bertz CT molecular complexity index is 1810. The normalized spacial score (nSPS) is 20.4. The predicted octanol–water partition coefficient (Wildman–Crippen LogP) is 4.51. The molecule has 4 heterocycles. The molecule has 2 aliphatic rings. The minimum Gasteiger partial charge on any atom is -0.453 e. The van der Waals surface area contributed by atoms with E-state index in [9.17, 15) is 19.2 Å². The van der Waals surface area contributed by atoms with Gasteiger partial charge in [0.15, 0.2) is 0 Å². The van der Waals surface area contributed by atoms with Gasteiger partial charge in [0.05, 0.1) is 38.7 Å². The first-order chi connectivity index (χ1) is 25.8. The number of H-pyrrole nitrogens is 2. The first kappa shape index (κ1) is 39.4. The molecule has 4 amide bonds. The van der Waals surface area contributed by atoms with Gasteiger partial charge in [0.2, 0.25) is 11.8 Å². The van der Waals surface area contributed by atoms with Crippen LogP contribution in [0, 0.1) is 47.4 Å². The number of ether oxygens (including phenoxy) is 2. The van der Waals surface area contributed by atoms with Crippen LogP contribution >= 0.6 is 0 Å². The van der Waals surface area contributed by atoms with Crippen molar-refractivity contribution in [3.8, 4) is 23.7 Å². The molecule has 2 aliphatic heterocycles. The Hall–Kier alpha value is -5.76. The number of methoxy groups -OCH3 is 2. The fraction of sp³-hybridized carbons (Fsp3) is 0.500. The molecular weight excluding hydrogens is 688 g/mol. The smallest absolute Gasteiger partial charge is 0.407 e. The van der Waals surface area contributed by atoms with E-state index in [-0.39, 0.29) is 47.6 Å². The highest BCUT2D eigenvalue weighted by atomic mass is 16.5. The van der Waals surface area contributed by atoms with Gasteiger partial charge in [-0.05, 0) is 72.6 Å². The van der Waals surface area contributed by atoms with Crippen LogP contribution in [-0.2, 0) is 19.1 Å². The quantitative estimate of drug-likeness (QED) is 0.244. The highest BCUT2D eigenvalue weighted by Crippen LogP contribution is 2.36. The maximum atomic E-state index is 13.6. The summed E-state index contributed by atoms with van der Waals surface area (Å²) in [6.45, 7) is 12.8. The molecule has 2 saturated heterocycles. The molecule has 0 aliphatic carbocycles. The average molecular weight is 739 g/mol. The van der Waals surface area contributed by atoms with E-state index in [2.05, 4.69) is 68.1 Å². The van der Waals surface area contributed by atoms with E-state index in [0.717, 1.165) is 24.0 Å². The number of alkyl carbamates (subject to hydrolysis) is 2. The van der Waals surface area contributed by atoms with Crippen LogP contribution < -0.4 is 10.6 Å². The minimum atomic E-state index is -0.713. The molecule has 54 heavy (non-hydrogen) atoms. The molecule has 0 saturated carbocycles. The fourth-order valence-electron chi connectivity index (χ4n) is 6.91. The van der Waals surface area contributed by atoms with Crippen LogP contribution in [0.4, 0.5) is 9.59 Å². The molecule has 5 rings (SSSR count). The van der Waals surface area contributed by atoms with Crippen molar-refractivity contribution in [3.63, 3.8) is 0 Å². The maximum Gasteiger partial charge on any atom is 0.407 e. The Morgan fingerprint density at radius 3 is 1.39 bits per heavy atom. The fourth-order valence-corrected chi connectivity index (χ4v) is 6.91. The number of nitrogens with one attached hydrogen (secondary N) is 4. The minimum absolute atomic E-state index is 0.125. The molecule has 0 unspecified atom stereocenters. The topological polar surface area (TPSA) is 175 Å². The van der Waals surface area contributed by atoms with Gasteiger partial charge < -0.3 is 39.9 Å². The number of imidazole rings is 2. The van der Waals surface area contributed by atoms with Crippen molar-refractivity contribution in [2.45, 2.75) is 78.6 Å². The van der Waals surface area contributed by atoms with Crippen LogP contribution in [0.1, 0.15) is 101 Å². The number of aromatic amines is 2. The van der Waals surface area contributed by atoms with Crippen LogP contribution in [-0.4, -0.2) is 93.1 Å². The highest BCUT2D eigenvalue weighted by Gasteiger charge is 2.41. The van der Waals surface area contributed by atoms with Crippen LogP contribution in [0.25, 0.3) is 0 Å². The summed E-state index contributed by atoms with van der Waals surface area (Å²) in [6, 6.07) is 5.62. The van der Waals surface area contributed by atoms with E-state index in [1.165, 1.54) is 14.2 Å². The van der Waals surface area contributed by atoms with Crippen LogP contribution in [0.2, 0.25) is 0 Å². The third-order valence-corrected chi connectivity index (χ3v) is 9.76. The van der Waals surface area contributed by atoms with Crippen LogP contribution in [0.3, 0.4) is 0 Å². The zero-order valence-corrected chi connectivity index (χ0v) is 32.1. The van der Waals surface area contributed by atoms with E-state index >= 15 is 0 Å². The number of benzene rings is 1. The molecule has 2 fully saturated rings. The first-order valence-corrected chi connectivity index (χ1v) is 18.3. The van der Waals surface area contributed by atoms with E-state index in [0.29, 0.717) is 36.1 Å². The van der Waals surface area contributed by atoms with Gasteiger partial charge in [-0.3, -0.25) is 9.59 Å². The molecule has 1 aromatic carbocycles. The Kier molecular flexibility index (Phi) is 12.7. The molecule has 14 nitrogen and oxygen atoms in total. The molecule has 0 bridgehead atoms. The molecule has 6 atom stereocenters. The molecule has 0 radical (unpaired) electrons. The van der Waals surface area contributed by atoms with Crippen molar-refractivity contribution in [2.24, 2.45) is 23.7 Å². The summed E-state index contributed by atoms with van der Waals surface area (Å²) in [7, 11) is 2.56. The van der Waals surface area contributed by atoms with Crippen molar-refractivity contribution in [2.75, 3.05) is 27.3 Å². The second kappa shape index (κ2) is 17.4. The van der Waals surface area contributed by atoms with Gasteiger partial charge >= 0.3 is 12.2 Å². The van der Waals surface area contributed by atoms with Crippen molar-refractivity contribution >= 4 is 24.0 Å². The number of hydrogen-bond donors (Lipinski definition) is 4. The lowest BCUT2D eigenvalue weighted by atomic mass is 10.0. The second-order valence-corrected chi connectivity index (χ2v) is 14.9. The number of aromatic nitrogens is 4. The molecule has 3 aromatic rings. The Labute approximate surface area is 316 Å². The lowest BCUT2D eigenvalue weighted by molar-refractivity contribution is -0.136. The second-order valence-electron chi connectivity index (χ2n) is 14.9. The van der Waals surface area contributed by atoms with Gasteiger partial charge in [0, 0.05) is 24.2 Å². The molecule has 0 spiro atoms.